The van der Waals surface area contributed by atoms with Gasteiger partial charge in [-0.2, -0.15) is 0 Å². The Labute approximate surface area is 164 Å². The van der Waals surface area contributed by atoms with Crippen LogP contribution in [-0.2, 0) is 9.59 Å². The summed E-state index contributed by atoms with van der Waals surface area (Å²) in [6.45, 7) is 3.81. The second kappa shape index (κ2) is 7.20. The molecule has 0 atom stereocenters. The molecule has 0 unspecified atom stereocenters. The molecule has 27 heavy (non-hydrogen) atoms. The number of nitrogens with zero attached hydrogens (tertiary/aromatic N) is 2. The van der Waals surface area contributed by atoms with Crippen LogP contribution in [0.5, 0.6) is 0 Å². The van der Waals surface area contributed by atoms with E-state index in [1.54, 1.807) is 24.3 Å². The van der Waals surface area contributed by atoms with Crippen molar-refractivity contribution in [2.75, 3.05) is 18.0 Å². The average molecular weight is 381 g/mol. The standard InChI is InChI=1S/C22H21ClN2O2/c1-15-11-13-24(14-12-15)20-19(16-5-3-2-4-6-16)21(26)25(22(20)27)18-9-7-17(23)8-10-18/h2-10,15H,11-14H2,1H3. The third kappa shape index (κ3) is 3.26. The predicted molar refractivity (Wildman–Crippen MR) is 107 cm³/mol. The molecule has 4 rings (SSSR count). The lowest BCUT2D eigenvalue weighted by atomic mass is 9.97. The average Bonchev–Trinajstić information content (AvgIpc) is 2.94. The van der Waals surface area contributed by atoms with Crippen LogP contribution in [0.15, 0.2) is 60.3 Å². The fraction of sp³-hybridized carbons (Fsp3) is 0.273. The third-order valence-electron chi connectivity index (χ3n) is 5.31. The Morgan fingerprint density at radius 2 is 1.52 bits per heavy atom. The van der Waals surface area contributed by atoms with Gasteiger partial charge in [0, 0.05) is 18.1 Å². The number of piperidine rings is 1. The van der Waals surface area contributed by atoms with E-state index in [-0.39, 0.29) is 11.8 Å². The molecule has 4 nitrogen and oxygen atoms in total. The van der Waals surface area contributed by atoms with Crippen LogP contribution in [0.25, 0.3) is 5.57 Å². The summed E-state index contributed by atoms with van der Waals surface area (Å²) in [6.07, 6.45) is 2.04. The number of hydrogen-bond donors (Lipinski definition) is 0. The third-order valence-corrected chi connectivity index (χ3v) is 5.56. The molecule has 2 aromatic carbocycles. The topological polar surface area (TPSA) is 40.6 Å². The summed E-state index contributed by atoms with van der Waals surface area (Å²) < 4.78 is 0. The van der Waals surface area contributed by atoms with E-state index in [0.717, 1.165) is 31.5 Å². The molecule has 138 valence electrons. The molecular formula is C22H21ClN2O2. The zero-order valence-electron chi connectivity index (χ0n) is 15.2. The molecule has 2 aliphatic heterocycles. The molecule has 1 fully saturated rings. The van der Waals surface area contributed by atoms with Gasteiger partial charge in [-0.3, -0.25) is 9.59 Å². The van der Waals surface area contributed by atoms with Crippen molar-refractivity contribution in [3.63, 3.8) is 0 Å². The number of benzene rings is 2. The Hall–Kier alpha value is -2.59. The first-order valence-corrected chi connectivity index (χ1v) is 9.63. The Kier molecular flexibility index (Phi) is 4.75. The first-order valence-electron chi connectivity index (χ1n) is 9.25. The summed E-state index contributed by atoms with van der Waals surface area (Å²) in [5, 5.41) is 0.569. The highest BCUT2D eigenvalue weighted by Gasteiger charge is 2.42. The molecule has 1 saturated heterocycles. The highest BCUT2D eigenvalue weighted by atomic mass is 35.5. The fourth-order valence-electron chi connectivity index (χ4n) is 3.73. The molecule has 0 N–H and O–H groups in total. The summed E-state index contributed by atoms with van der Waals surface area (Å²) in [5.41, 5.74) is 2.34. The number of likely N-dealkylation sites (tertiary alicyclic amines) is 1. The lowest BCUT2D eigenvalue weighted by Crippen LogP contribution is -2.38. The van der Waals surface area contributed by atoms with Crippen LogP contribution in [0.3, 0.4) is 0 Å². The summed E-state index contributed by atoms with van der Waals surface area (Å²) in [7, 11) is 0. The predicted octanol–water partition coefficient (Wildman–Crippen LogP) is 4.36. The van der Waals surface area contributed by atoms with E-state index in [4.69, 9.17) is 11.6 Å². The number of imide groups is 1. The van der Waals surface area contributed by atoms with E-state index in [1.165, 1.54) is 4.90 Å². The highest BCUT2D eigenvalue weighted by molar-refractivity contribution is 6.45. The Bertz CT molecular complexity index is 898. The van der Waals surface area contributed by atoms with Crippen LogP contribution in [0.2, 0.25) is 5.02 Å². The Morgan fingerprint density at radius 1 is 0.889 bits per heavy atom. The highest BCUT2D eigenvalue weighted by Crippen LogP contribution is 2.36. The number of carbonyl (C=O) groups is 2. The van der Waals surface area contributed by atoms with Crippen molar-refractivity contribution in [2.45, 2.75) is 19.8 Å². The summed E-state index contributed by atoms with van der Waals surface area (Å²) in [6, 6.07) is 16.3. The van der Waals surface area contributed by atoms with Crippen LogP contribution in [-0.4, -0.2) is 29.8 Å². The van der Waals surface area contributed by atoms with Gasteiger partial charge in [0.25, 0.3) is 11.8 Å². The van der Waals surface area contributed by atoms with Crippen molar-refractivity contribution >= 4 is 34.7 Å². The normalized spacial score (nSPS) is 18.6. The molecule has 2 amide bonds. The molecule has 0 spiro atoms. The van der Waals surface area contributed by atoms with Gasteiger partial charge in [-0.1, -0.05) is 48.9 Å². The van der Waals surface area contributed by atoms with Gasteiger partial charge in [0.15, 0.2) is 0 Å². The summed E-state index contributed by atoms with van der Waals surface area (Å²) in [4.78, 5) is 30.0. The van der Waals surface area contributed by atoms with Crippen LogP contribution in [0, 0.1) is 5.92 Å². The second-order valence-electron chi connectivity index (χ2n) is 7.18. The summed E-state index contributed by atoms with van der Waals surface area (Å²) in [5.74, 6) is 0.111. The largest absolute Gasteiger partial charge is 0.366 e. The van der Waals surface area contributed by atoms with Crippen molar-refractivity contribution in [3.8, 4) is 0 Å². The van der Waals surface area contributed by atoms with Crippen LogP contribution in [0.4, 0.5) is 5.69 Å². The maximum atomic E-state index is 13.3. The van der Waals surface area contributed by atoms with E-state index in [0.29, 0.717) is 27.9 Å². The van der Waals surface area contributed by atoms with E-state index in [2.05, 4.69) is 11.8 Å². The van der Waals surface area contributed by atoms with Gasteiger partial charge in [0.2, 0.25) is 0 Å². The number of hydrogen-bond acceptors (Lipinski definition) is 3. The smallest absolute Gasteiger partial charge is 0.282 e. The number of carbonyl (C=O) groups excluding carboxylic acids is 2. The first kappa shape index (κ1) is 17.8. The van der Waals surface area contributed by atoms with Crippen LogP contribution < -0.4 is 4.90 Å². The molecule has 0 saturated carbocycles. The molecule has 0 aromatic heterocycles. The Balaban J connectivity index is 1.79. The van der Waals surface area contributed by atoms with Gasteiger partial charge in [0.1, 0.15) is 5.70 Å². The van der Waals surface area contributed by atoms with Crippen molar-refractivity contribution in [1.82, 2.24) is 4.90 Å². The quantitative estimate of drug-likeness (QED) is 0.743. The maximum absolute atomic E-state index is 13.3. The van der Waals surface area contributed by atoms with Gasteiger partial charge in [-0.05, 0) is 48.6 Å². The second-order valence-corrected chi connectivity index (χ2v) is 7.62. The molecule has 0 bridgehead atoms. The van der Waals surface area contributed by atoms with Gasteiger partial charge in [0.05, 0.1) is 11.3 Å². The van der Waals surface area contributed by atoms with Crippen LogP contribution in [0.1, 0.15) is 25.3 Å². The van der Waals surface area contributed by atoms with Crippen molar-refractivity contribution in [3.05, 3.63) is 70.9 Å². The monoisotopic (exact) mass is 380 g/mol. The van der Waals surface area contributed by atoms with E-state index < -0.39 is 0 Å². The van der Waals surface area contributed by atoms with Gasteiger partial charge >= 0.3 is 0 Å². The minimum Gasteiger partial charge on any atom is -0.366 e. The number of halogens is 1. The molecule has 0 aliphatic carbocycles. The van der Waals surface area contributed by atoms with E-state index in [9.17, 15) is 9.59 Å². The van der Waals surface area contributed by atoms with Gasteiger partial charge < -0.3 is 4.90 Å². The first-order chi connectivity index (χ1) is 13.1. The van der Waals surface area contributed by atoms with E-state index in [1.807, 2.05) is 30.3 Å². The lowest BCUT2D eigenvalue weighted by Gasteiger charge is -2.32. The maximum Gasteiger partial charge on any atom is 0.282 e. The zero-order chi connectivity index (χ0) is 19.0. The van der Waals surface area contributed by atoms with Gasteiger partial charge in [-0.15, -0.1) is 0 Å². The zero-order valence-corrected chi connectivity index (χ0v) is 15.9. The molecule has 2 aliphatic rings. The molecular weight excluding hydrogens is 360 g/mol. The van der Waals surface area contributed by atoms with Crippen molar-refractivity contribution < 1.29 is 9.59 Å². The van der Waals surface area contributed by atoms with Crippen molar-refractivity contribution in [2.24, 2.45) is 5.92 Å². The van der Waals surface area contributed by atoms with E-state index >= 15 is 0 Å². The number of anilines is 1. The fourth-order valence-corrected chi connectivity index (χ4v) is 3.86. The molecule has 0 radical (unpaired) electrons. The van der Waals surface area contributed by atoms with Gasteiger partial charge in [-0.25, -0.2) is 4.90 Å². The summed E-state index contributed by atoms with van der Waals surface area (Å²) >= 11 is 5.97. The molecule has 2 aromatic rings. The minimum absolute atomic E-state index is 0.254. The lowest BCUT2D eigenvalue weighted by molar-refractivity contribution is -0.120. The van der Waals surface area contributed by atoms with Crippen LogP contribution >= 0.6 is 11.6 Å². The number of amides is 2. The molecule has 5 heteroatoms. The minimum atomic E-state index is -0.276. The Morgan fingerprint density at radius 3 is 2.15 bits per heavy atom. The SMILES string of the molecule is CC1CCN(C2=C(c3ccccc3)C(=O)N(c3ccc(Cl)cc3)C2=O)CC1. The van der Waals surface area contributed by atoms with Crippen molar-refractivity contribution in [1.29, 1.82) is 0 Å². The number of rotatable bonds is 3. The molecule has 2 heterocycles.